The highest BCUT2D eigenvalue weighted by atomic mass is 35.5. The van der Waals surface area contributed by atoms with Gasteiger partial charge in [-0.15, -0.1) is 0 Å². The molecule has 12 heteroatoms. The number of halogens is 4. The molecular weight excluding hydrogens is 535 g/mol. The number of ether oxygens (including phenoxy) is 4. The van der Waals surface area contributed by atoms with Crippen LogP contribution in [0, 0.1) is 5.92 Å². The molecule has 0 bridgehead atoms. The summed E-state index contributed by atoms with van der Waals surface area (Å²) in [5.41, 5.74) is -0.0186. The zero-order chi connectivity index (χ0) is 27.3. The van der Waals surface area contributed by atoms with E-state index in [1.807, 2.05) is 0 Å². The van der Waals surface area contributed by atoms with E-state index >= 15 is 0 Å². The van der Waals surface area contributed by atoms with Gasteiger partial charge in [0.2, 0.25) is 0 Å². The molecule has 1 saturated carbocycles. The minimum Gasteiger partial charge on any atom is -0.489 e. The van der Waals surface area contributed by atoms with Crippen molar-refractivity contribution >= 4 is 35.1 Å². The van der Waals surface area contributed by atoms with Crippen LogP contribution in [0.4, 0.5) is 8.78 Å². The average molecular weight is 564 g/mol. The van der Waals surface area contributed by atoms with E-state index < -0.39 is 36.7 Å². The Balaban J connectivity index is 1.88. The molecule has 2 aliphatic rings. The second-order valence-electron chi connectivity index (χ2n) is 9.74. The summed E-state index contributed by atoms with van der Waals surface area (Å²) in [6.07, 6.45) is 1.51. The maximum absolute atomic E-state index is 13.0. The van der Waals surface area contributed by atoms with Crippen LogP contribution in [-0.4, -0.2) is 47.6 Å². The highest BCUT2D eigenvalue weighted by Gasteiger charge is 2.28. The van der Waals surface area contributed by atoms with E-state index in [9.17, 15) is 23.6 Å². The van der Waals surface area contributed by atoms with Crippen molar-refractivity contribution in [1.29, 1.82) is 0 Å². The summed E-state index contributed by atoms with van der Waals surface area (Å²) in [5.74, 6) is -1.41. The van der Waals surface area contributed by atoms with Crippen molar-refractivity contribution in [3.05, 3.63) is 45.6 Å². The van der Waals surface area contributed by atoms with Crippen molar-refractivity contribution in [1.82, 2.24) is 5.06 Å². The molecule has 1 aliphatic carbocycles. The monoisotopic (exact) mass is 563 g/mol. The molecule has 0 unspecified atom stereocenters. The predicted molar refractivity (Wildman–Crippen MR) is 131 cm³/mol. The topological polar surface area (TPSA) is 94.5 Å². The number of hydroxylamine groups is 2. The summed E-state index contributed by atoms with van der Waals surface area (Å²) in [7, 11) is 0. The molecule has 0 spiro atoms. The molecule has 1 aliphatic heterocycles. The van der Waals surface area contributed by atoms with Gasteiger partial charge in [0.1, 0.15) is 18.1 Å². The van der Waals surface area contributed by atoms with E-state index in [1.165, 1.54) is 24.4 Å². The van der Waals surface area contributed by atoms with Crippen LogP contribution >= 0.6 is 23.2 Å². The minimum absolute atomic E-state index is 0.0286. The van der Waals surface area contributed by atoms with Gasteiger partial charge >= 0.3 is 18.6 Å². The summed E-state index contributed by atoms with van der Waals surface area (Å²) in [5, 5.41) is 10.9. The second kappa shape index (κ2) is 12.3. The van der Waals surface area contributed by atoms with Gasteiger partial charge in [0.05, 0.1) is 18.2 Å². The van der Waals surface area contributed by atoms with Gasteiger partial charge in [0.25, 0.3) is 0 Å². The van der Waals surface area contributed by atoms with Gasteiger partial charge in [-0.3, -0.25) is 19.9 Å². The number of nitrogens with zero attached hydrogens (tertiary/aromatic N) is 1. The summed E-state index contributed by atoms with van der Waals surface area (Å²) in [6.45, 7) is 2.23. The van der Waals surface area contributed by atoms with Gasteiger partial charge in [-0.25, -0.2) is 0 Å². The molecule has 1 aromatic rings. The molecule has 8 nitrogen and oxygen atoms in total. The van der Waals surface area contributed by atoms with Crippen molar-refractivity contribution in [2.24, 2.45) is 5.92 Å². The van der Waals surface area contributed by atoms with E-state index in [2.05, 4.69) is 4.74 Å². The molecular formula is C25H29Cl2F2NO7. The standard InChI is InChI=1S/C25H29Cl2F2NO7/c1-25(2,3)37-23(32)10-22(31)35-20(9-16-17(26)11-30(33)12-18(16)27)15-6-7-19(36-24(28)29)21(8-15)34-13-14-4-5-14/h6-8,11,14,20,24,33H,4-5,9-10,12-13H2,1-3H3/t20-/m0/s1. The normalized spacial score (nSPS) is 16.9. The molecule has 3 rings (SSSR count). The maximum atomic E-state index is 13.0. The third-order valence-corrected chi connectivity index (χ3v) is 5.95. The SMILES string of the molecule is CC(C)(C)OC(=O)CC(=O)O[C@@H](CC1=C(Cl)CN(O)C=C1Cl)c1ccc(OC(F)F)c(OCC2CC2)c1. The molecule has 0 saturated heterocycles. The molecule has 1 N–H and O–H groups in total. The quantitative estimate of drug-likeness (QED) is 0.256. The molecule has 1 atom stereocenters. The Bertz CT molecular complexity index is 1070. The van der Waals surface area contributed by atoms with Crippen LogP contribution in [0.3, 0.4) is 0 Å². The lowest BCUT2D eigenvalue weighted by molar-refractivity contribution is -0.163. The number of alkyl halides is 2. The molecule has 1 fully saturated rings. The number of esters is 2. The van der Waals surface area contributed by atoms with Gasteiger partial charge in [0.15, 0.2) is 11.5 Å². The Labute approximate surface area is 223 Å². The Morgan fingerprint density at radius 2 is 1.86 bits per heavy atom. The summed E-state index contributed by atoms with van der Waals surface area (Å²) < 4.78 is 47.0. The van der Waals surface area contributed by atoms with Crippen LogP contribution in [0.5, 0.6) is 11.5 Å². The van der Waals surface area contributed by atoms with Crippen LogP contribution in [0.25, 0.3) is 0 Å². The lowest BCUT2D eigenvalue weighted by Crippen LogP contribution is -2.26. The van der Waals surface area contributed by atoms with Crippen LogP contribution in [0.1, 0.15) is 58.1 Å². The second-order valence-corrected chi connectivity index (χ2v) is 10.6. The van der Waals surface area contributed by atoms with E-state index in [4.69, 9.17) is 37.4 Å². The fraction of sp³-hybridized carbons (Fsp3) is 0.520. The molecule has 204 valence electrons. The Hall–Kier alpha value is -2.56. The Morgan fingerprint density at radius 1 is 1.16 bits per heavy atom. The van der Waals surface area contributed by atoms with Crippen molar-refractivity contribution in [3.8, 4) is 11.5 Å². The van der Waals surface area contributed by atoms with Crippen LogP contribution in [-0.2, 0) is 19.1 Å². The first-order valence-corrected chi connectivity index (χ1v) is 12.4. The first-order valence-electron chi connectivity index (χ1n) is 11.6. The number of allylic oxidation sites excluding steroid dienone is 1. The van der Waals surface area contributed by atoms with E-state index in [1.54, 1.807) is 20.8 Å². The number of carbonyl (C=O) groups excluding carboxylic acids is 2. The van der Waals surface area contributed by atoms with E-state index in [-0.39, 0.29) is 34.5 Å². The van der Waals surface area contributed by atoms with Crippen molar-refractivity contribution in [3.63, 3.8) is 0 Å². The average Bonchev–Trinajstić information content (AvgIpc) is 3.57. The summed E-state index contributed by atoms with van der Waals surface area (Å²) >= 11 is 12.6. The fourth-order valence-electron chi connectivity index (χ4n) is 3.46. The Morgan fingerprint density at radius 3 is 2.46 bits per heavy atom. The largest absolute Gasteiger partial charge is 0.489 e. The van der Waals surface area contributed by atoms with Gasteiger partial charge in [-0.1, -0.05) is 29.3 Å². The van der Waals surface area contributed by atoms with Crippen molar-refractivity contribution < 1.29 is 42.5 Å². The number of rotatable bonds is 11. The van der Waals surface area contributed by atoms with Crippen molar-refractivity contribution in [2.75, 3.05) is 13.2 Å². The smallest absolute Gasteiger partial charge is 0.387 e. The summed E-state index contributed by atoms with van der Waals surface area (Å²) in [4.78, 5) is 24.8. The van der Waals surface area contributed by atoms with Gasteiger partial charge in [-0.05, 0) is 62.8 Å². The third-order valence-electron chi connectivity index (χ3n) is 5.28. The highest BCUT2D eigenvalue weighted by Crippen LogP contribution is 2.40. The molecule has 37 heavy (non-hydrogen) atoms. The molecule has 0 amide bonds. The first kappa shape index (κ1) is 29.0. The van der Waals surface area contributed by atoms with Crippen LogP contribution < -0.4 is 9.47 Å². The zero-order valence-electron chi connectivity index (χ0n) is 20.6. The Kier molecular flexibility index (Phi) is 9.66. The number of hydrogen-bond donors (Lipinski definition) is 1. The van der Waals surface area contributed by atoms with Gasteiger partial charge in [0, 0.05) is 17.7 Å². The predicted octanol–water partition coefficient (Wildman–Crippen LogP) is 6.06. The first-order chi connectivity index (χ1) is 17.3. The lowest BCUT2D eigenvalue weighted by Gasteiger charge is -2.26. The summed E-state index contributed by atoms with van der Waals surface area (Å²) in [6, 6.07) is 4.18. The zero-order valence-corrected chi connectivity index (χ0v) is 22.2. The maximum Gasteiger partial charge on any atom is 0.387 e. The number of hydrogen-bond acceptors (Lipinski definition) is 8. The van der Waals surface area contributed by atoms with Crippen LogP contribution in [0.2, 0.25) is 0 Å². The minimum atomic E-state index is -3.06. The molecule has 0 aromatic heterocycles. The molecule has 1 heterocycles. The number of carbonyl (C=O) groups is 2. The van der Waals surface area contributed by atoms with Gasteiger partial charge in [-0.2, -0.15) is 8.78 Å². The molecule has 0 radical (unpaired) electrons. The van der Waals surface area contributed by atoms with Crippen molar-refractivity contribution in [2.45, 2.75) is 64.8 Å². The van der Waals surface area contributed by atoms with Crippen LogP contribution in [0.15, 0.2) is 40.0 Å². The van der Waals surface area contributed by atoms with Gasteiger partial charge < -0.3 is 18.9 Å². The van der Waals surface area contributed by atoms with E-state index in [0.717, 1.165) is 17.9 Å². The fourth-order valence-corrected chi connectivity index (χ4v) is 4.12. The molecule has 1 aromatic carbocycles. The third kappa shape index (κ3) is 9.36. The number of benzene rings is 1. The van der Waals surface area contributed by atoms with E-state index in [0.29, 0.717) is 23.7 Å². The lowest BCUT2D eigenvalue weighted by atomic mass is 9.99. The highest BCUT2D eigenvalue weighted by molar-refractivity contribution is 6.36.